The van der Waals surface area contributed by atoms with Crippen LogP contribution in [0, 0.1) is 17.8 Å². The third-order valence-corrected chi connectivity index (χ3v) is 10.6. The number of benzene rings is 2. The summed E-state index contributed by atoms with van der Waals surface area (Å²) in [6.07, 6.45) is 7.01. The largest absolute Gasteiger partial charge is 0.463 e. The number of fused-ring (bicyclic) bond motifs is 2. The van der Waals surface area contributed by atoms with E-state index in [1.165, 1.54) is 4.90 Å². The lowest BCUT2D eigenvalue weighted by atomic mass is 9.74. The average molecular weight is 685 g/mol. The molecule has 6 rings (SSSR count). The van der Waals surface area contributed by atoms with Crippen molar-refractivity contribution < 1.29 is 33.8 Å². The van der Waals surface area contributed by atoms with Gasteiger partial charge in [0.05, 0.1) is 36.6 Å². The molecule has 0 aliphatic carbocycles. The Morgan fingerprint density at radius 2 is 1.70 bits per heavy atom. The molecule has 2 aromatic rings. The van der Waals surface area contributed by atoms with Crippen molar-refractivity contribution in [3.8, 4) is 0 Å². The molecular formula is C39H48N4O7. The number of rotatable bonds is 8. The highest BCUT2D eigenvalue weighted by molar-refractivity contribution is 6.05. The molecule has 4 aliphatic heterocycles. The van der Waals surface area contributed by atoms with E-state index in [2.05, 4.69) is 24.1 Å². The van der Waals surface area contributed by atoms with Crippen molar-refractivity contribution in [1.82, 2.24) is 10.2 Å². The van der Waals surface area contributed by atoms with E-state index in [0.717, 1.165) is 24.3 Å². The van der Waals surface area contributed by atoms with Crippen molar-refractivity contribution in [2.75, 3.05) is 42.6 Å². The minimum atomic E-state index is -1.42. The third-order valence-electron chi connectivity index (χ3n) is 10.6. The Hall–Kier alpha value is -4.48. The number of nitrogens with one attached hydrogen (secondary N) is 1. The summed E-state index contributed by atoms with van der Waals surface area (Å²) >= 11 is 0. The molecule has 2 aromatic carbocycles. The number of cyclic esters (lactones) is 1. The second kappa shape index (κ2) is 14.8. The Bertz CT molecular complexity index is 1620. The van der Waals surface area contributed by atoms with E-state index in [1.807, 2.05) is 80.6 Å². The number of amides is 3. The van der Waals surface area contributed by atoms with E-state index >= 15 is 4.79 Å². The van der Waals surface area contributed by atoms with Gasteiger partial charge in [-0.05, 0) is 56.0 Å². The summed E-state index contributed by atoms with van der Waals surface area (Å²) in [5.41, 5.74) is 0.970. The van der Waals surface area contributed by atoms with Gasteiger partial charge in [0.25, 0.3) is 5.91 Å². The number of carbonyl (C=O) groups is 4. The van der Waals surface area contributed by atoms with Crippen LogP contribution in [0.15, 0.2) is 78.9 Å². The first-order valence-corrected chi connectivity index (χ1v) is 17.8. The normalized spacial score (nSPS) is 29.6. The van der Waals surface area contributed by atoms with Crippen LogP contribution in [0.5, 0.6) is 0 Å². The highest BCUT2D eigenvalue weighted by Gasteiger charge is 2.74. The molecule has 0 aromatic heterocycles. The molecule has 11 heteroatoms. The molecule has 2 N–H and O–H groups in total. The Morgan fingerprint density at radius 3 is 2.36 bits per heavy atom. The standard InChI is InChI=1S/C39H48N4O7/c1-5-41(6-2)27-16-18-28(19-17-27)42-22-12-8-11-15-32(45)49-24-29(26-13-9-7-10-14-26)40-36(46)33-31-20-21-39(50-31)34(33)37(47)43(35(39)38(42)48)30(23-44)25(3)4/h7-10,12-14,16-21,25,29-31,33-35,44H,5-6,11,15,22-24H2,1-4H3,(H,40,46)/b12-8-/t29-,30+,31-,33+,34+,35-,39+/m1/s1. The molecule has 50 heavy (non-hydrogen) atoms. The molecule has 0 unspecified atom stereocenters. The number of hydrogen-bond donors (Lipinski definition) is 2. The molecule has 2 fully saturated rings. The maximum atomic E-state index is 15.1. The highest BCUT2D eigenvalue weighted by Crippen LogP contribution is 2.56. The van der Waals surface area contributed by atoms with Crippen LogP contribution in [0.1, 0.15) is 52.1 Å². The van der Waals surface area contributed by atoms with Crippen LogP contribution in [0.3, 0.4) is 0 Å². The summed E-state index contributed by atoms with van der Waals surface area (Å²) in [5, 5.41) is 13.7. The zero-order valence-corrected chi connectivity index (χ0v) is 29.2. The van der Waals surface area contributed by atoms with Crippen molar-refractivity contribution in [2.45, 2.75) is 70.4 Å². The maximum Gasteiger partial charge on any atom is 0.306 e. The topological polar surface area (TPSA) is 129 Å². The molecule has 5 bridgehead atoms. The molecule has 1 spiro atoms. The summed E-state index contributed by atoms with van der Waals surface area (Å²) < 4.78 is 12.3. The van der Waals surface area contributed by atoms with Gasteiger partial charge in [-0.2, -0.15) is 0 Å². The number of aliphatic hydroxyl groups excluding tert-OH is 1. The zero-order valence-electron chi connectivity index (χ0n) is 29.2. The number of esters is 1. The molecular weight excluding hydrogens is 636 g/mol. The summed E-state index contributed by atoms with van der Waals surface area (Å²) in [4.78, 5) is 62.3. The molecule has 266 valence electrons. The molecule has 4 heterocycles. The van der Waals surface area contributed by atoms with Crippen LogP contribution in [0.25, 0.3) is 0 Å². The minimum Gasteiger partial charge on any atom is -0.463 e. The lowest BCUT2D eigenvalue weighted by Crippen LogP contribution is -2.59. The summed E-state index contributed by atoms with van der Waals surface area (Å²) in [5.74, 6) is -3.77. The summed E-state index contributed by atoms with van der Waals surface area (Å²) in [7, 11) is 0. The SMILES string of the molecule is CCN(CC)c1ccc(N2C/C=C\CCC(=O)OC[C@H](c3ccccc3)NC(=O)[C@@H]3[C@H]4C(=O)N([C@@H](CO)C(C)C)[C@H](C2=O)[C@]42C=C[C@H]3O2)cc1. The highest BCUT2D eigenvalue weighted by atomic mass is 16.5. The number of likely N-dealkylation sites (tertiary alicyclic amines) is 1. The first kappa shape index (κ1) is 35.3. The molecule has 4 aliphatic rings. The molecule has 2 saturated heterocycles. The van der Waals surface area contributed by atoms with Crippen LogP contribution in [-0.4, -0.2) is 90.3 Å². The average Bonchev–Trinajstić information content (AvgIpc) is 3.76. The predicted molar refractivity (Wildman–Crippen MR) is 189 cm³/mol. The third kappa shape index (κ3) is 6.33. The Labute approximate surface area is 293 Å². The molecule has 0 radical (unpaired) electrons. The van der Waals surface area contributed by atoms with Gasteiger partial charge in [-0.15, -0.1) is 0 Å². The van der Waals surface area contributed by atoms with Gasteiger partial charge in [-0.25, -0.2) is 0 Å². The Balaban J connectivity index is 1.45. The van der Waals surface area contributed by atoms with E-state index in [-0.39, 0.29) is 38.0 Å². The first-order valence-electron chi connectivity index (χ1n) is 17.8. The van der Waals surface area contributed by atoms with E-state index < -0.39 is 59.5 Å². The predicted octanol–water partition coefficient (Wildman–Crippen LogP) is 3.78. The number of anilines is 2. The van der Waals surface area contributed by atoms with Gasteiger partial charge in [0.15, 0.2) is 0 Å². The molecule has 0 saturated carbocycles. The monoisotopic (exact) mass is 684 g/mol. The number of hydrogen-bond acceptors (Lipinski definition) is 8. The molecule has 3 amide bonds. The zero-order chi connectivity index (χ0) is 35.6. The summed E-state index contributed by atoms with van der Waals surface area (Å²) in [6, 6.07) is 14.5. The van der Waals surface area contributed by atoms with Gasteiger partial charge in [0.1, 0.15) is 18.2 Å². The maximum absolute atomic E-state index is 15.1. The van der Waals surface area contributed by atoms with Crippen molar-refractivity contribution in [1.29, 1.82) is 0 Å². The van der Waals surface area contributed by atoms with E-state index in [0.29, 0.717) is 12.1 Å². The fraction of sp³-hybridized carbons (Fsp3) is 0.487. The van der Waals surface area contributed by atoms with Crippen LogP contribution in [0.4, 0.5) is 11.4 Å². The van der Waals surface area contributed by atoms with E-state index in [1.54, 1.807) is 17.1 Å². The Kier molecular flexibility index (Phi) is 10.5. The quantitative estimate of drug-likeness (QED) is 0.318. The number of ether oxygens (including phenoxy) is 2. The fourth-order valence-electron chi connectivity index (χ4n) is 7.99. The van der Waals surface area contributed by atoms with Gasteiger partial charge < -0.3 is 34.6 Å². The van der Waals surface area contributed by atoms with Gasteiger partial charge >= 0.3 is 5.97 Å². The van der Waals surface area contributed by atoms with Gasteiger partial charge in [-0.3, -0.25) is 19.2 Å². The number of aliphatic hydroxyl groups is 1. The van der Waals surface area contributed by atoms with Gasteiger partial charge in [-0.1, -0.05) is 68.5 Å². The smallest absolute Gasteiger partial charge is 0.306 e. The van der Waals surface area contributed by atoms with Crippen molar-refractivity contribution in [3.05, 3.63) is 84.5 Å². The molecule has 7 atom stereocenters. The van der Waals surface area contributed by atoms with Crippen LogP contribution < -0.4 is 15.1 Å². The number of carbonyl (C=O) groups excluding carboxylic acids is 4. The van der Waals surface area contributed by atoms with Crippen molar-refractivity contribution in [2.24, 2.45) is 17.8 Å². The van der Waals surface area contributed by atoms with Gasteiger partial charge in [0, 0.05) is 37.4 Å². The minimum absolute atomic E-state index is 0.0828. The van der Waals surface area contributed by atoms with Crippen LogP contribution in [-0.2, 0) is 28.7 Å². The first-order chi connectivity index (χ1) is 24.1. The Morgan fingerprint density at radius 1 is 0.980 bits per heavy atom. The molecule has 11 nitrogen and oxygen atoms in total. The fourth-order valence-corrected chi connectivity index (χ4v) is 7.99. The van der Waals surface area contributed by atoms with Crippen molar-refractivity contribution in [3.63, 3.8) is 0 Å². The van der Waals surface area contributed by atoms with E-state index in [4.69, 9.17) is 9.47 Å². The van der Waals surface area contributed by atoms with E-state index in [9.17, 15) is 19.5 Å². The van der Waals surface area contributed by atoms with Gasteiger partial charge in [0.2, 0.25) is 11.8 Å². The second-order valence-corrected chi connectivity index (χ2v) is 13.7. The van der Waals surface area contributed by atoms with Crippen LogP contribution in [0.2, 0.25) is 0 Å². The summed E-state index contributed by atoms with van der Waals surface area (Å²) in [6.45, 7) is 9.35. The van der Waals surface area contributed by atoms with Crippen LogP contribution >= 0.6 is 0 Å². The number of allylic oxidation sites excluding steroid dienone is 1. The lowest BCUT2D eigenvalue weighted by Gasteiger charge is -2.40. The van der Waals surface area contributed by atoms with Crippen molar-refractivity contribution >= 4 is 35.1 Å². The lowest BCUT2D eigenvalue weighted by molar-refractivity contribution is -0.147. The second-order valence-electron chi connectivity index (χ2n) is 13.7. The number of nitrogens with zero attached hydrogens (tertiary/aromatic N) is 3.